The van der Waals surface area contributed by atoms with Crippen molar-refractivity contribution >= 4 is 0 Å². The van der Waals surface area contributed by atoms with E-state index < -0.39 is 29.1 Å². The quantitative estimate of drug-likeness (QED) is 0.217. The summed E-state index contributed by atoms with van der Waals surface area (Å²) >= 11 is 0. The molecule has 1 aromatic rings. The predicted octanol–water partition coefficient (Wildman–Crippen LogP) is 1.20. The molecule has 0 fully saturated rings. The van der Waals surface area contributed by atoms with Crippen LogP contribution in [0.2, 0.25) is 0 Å². The number of nitrogens with two attached hydrogens (primary N) is 2. The third kappa shape index (κ3) is 2.36. The zero-order valence-electron chi connectivity index (χ0n) is 6.12. The molecule has 0 heterocycles. The summed E-state index contributed by atoms with van der Waals surface area (Å²) in [5, 5.41) is 0. The monoisotopic (exact) mass is 200 g/mol. The van der Waals surface area contributed by atoms with E-state index in [0.717, 1.165) is 0 Å². The summed E-state index contributed by atoms with van der Waals surface area (Å²) in [6.45, 7) is 0. The van der Waals surface area contributed by atoms with Crippen molar-refractivity contribution in [3.8, 4) is 0 Å². The number of hydrogen-bond donors (Lipinski definition) is 2. The first-order valence-electron chi connectivity index (χ1n) is 2.86. The number of benzene rings is 1. The van der Waals surface area contributed by atoms with Gasteiger partial charge in [-0.25, -0.2) is 22.0 Å². The Labute approximate surface area is 69.9 Å². The topological polar surface area (TPSA) is 52.0 Å². The molecule has 0 atom stereocenters. The lowest BCUT2D eigenvalue weighted by molar-refractivity contribution is 0.378. The minimum absolute atomic E-state index is 0.0618. The van der Waals surface area contributed by atoms with Gasteiger partial charge in [-0.2, -0.15) is 0 Å². The lowest BCUT2D eigenvalue weighted by atomic mass is 10.3. The maximum Gasteiger partial charge on any atom is 0.200 e. The fourth-order valence-corrected chi connectivity index (χ4v) is 0.544. The van der Waals surface area contributed by atoms with Crippen LogP contribution >= 0.6 is 0 Å². The SMILES string of the molecule is Fc1cc(F)c(F)c(F)c1F.NN. The highest BCUT2D eigenvalue weighted by atomic mass is 19.2. The number of rotatable bonds is 0. The van der Waals surface area contributed by atoms with E-state index in [1.165, 1.54) is 0 Å². The van der Waals surface area contributed by atoms with Crippen LogP contribution in [-0.2, 0) is 0 Å². The summed E-state index contributed by atoms with van der Waals surface area (Å²) in [6.07, 6.45) is 0. The molecule has 0 radical (unpaired) electrons. The van der Waals surface area contributed by atoms with Crippen LogP contribution in [0.25, 0.3) is 0 Å². The summed E-state index contributed by atoms with van der Waals surface area (Å²) in [5.74, 6) is -1.65. The average Bonchev–Trinajstić information content (AvgIpc) is 2.15. The molecule has 0 aliphatic carbocycles. The molecule has 13 heavy (non-hydrogen) atoms. The molecule has 0 unspecified atom stereocenters. The minimum atomic E-state index is -2.14. The maximum atomic E-state index is 12.0. The van der Waals surface area contributed by atoms with Crippen molar-refractivity contribution in [2.75, 3.05) is 0 Å². The van der Waals surface area contributed by atoms with Crippen molar-refractivity contribution in [1.29, 1.82) is 0 Å². The van der Waals surface area contributed by atoms with Gasteiger partial charge in [0.2, 0.25) is 5.82 Å². The molecule has 4 N–H and O–H groups in total. The minimum Gasteiger partial charge on any atom is -0.274 e. The summed E-state index contributed by atoms with van der Waals surface area (Å²) in [4.78, 5) is 0. The Bertz CT molecular complexity index is 275. The van der Waals surface area contributed by atoms with Gasteiger partial charge in [0.15, 0.2) is 23.3 Å². The molecule has 74 valence electrons. The van der Waals surface area contributed by atoms with E-state index in [0.29, 0.717) is 0 Å². The van der Waals surface area contributed by atoms with Crippen LogP contribution in [0, 0.1) is 29.1 Å². The molecule has 0 bridgehead atoms. The first-order valence-corrected chi connectivity index (χ1v) is 2.86. The van der Waals surface area contributed by atoms with Crippen molar-refractivity contribution in [1.82, 2.24) is 0 Å². The van der Waals surface area contributed by atoms with E-state index >= 15 is 0 Å². The second kappa shape index (κ2) is 4.73. The second-order valence-corrected chi connectivity index (χ2v) is 1.78. The van der Waals surface area contributed by atoms with Gasteiger partial charge in [-0.1, -0.05) is 0 Å². The summed E-state index contributed by atoms with van der Waals surface area (Å²) < 4.78 is 60.0. The van der Waals surface area contributed by atoms with Gasteiger partial charge in [0.05, 0.1) is 0 Å². The Kier molecular flexibility index (Phi) is 4.29. The maximum absolute atomic E-state index is 12.0. The van der Waals surface area contributed by atoms with Crippen LogP contribution in [0.5, 0.6) is 0 Å². The van der Waals surface area contributed by atoms with Crippen LogP contribution in [-0.4, -0.2) is 0 Å². The van der Waals surface area contributed by atoms with Crippen LogP contribution in [0.4, 0.5) is 22.0 Å². The van der Waals surface area contributed by atoms with Crippen molar-refractivity contribution in [2.45, 2.75) is 0 Å². The van der Waals surface area contributed by atoms with E-state index in [4.69, 9.17) is 0 Å². The van der Waals surface area contributed by atoms with Gasteiger partial charge in [0.1, 0.15) is 0 Å². The van der Waals surface area contributed by atoms with Crippen LogP contribution in [0.15, 0.2) is 6.07 Å². The largest absolute Gasteiger partial charge is 0.274 e. The van der Waals surface area contributed by atoms with E-state index in [9.17, 15) is 22.0 Å². The Morgan fingerprint density at radius 3 is 1.31 bits per heavy atom. The molecule has 1 aromatic carbocycles. The third-order valence-electron chi connectivity index (χ3n) is 1.06. The molecular formula is C6H5F5N2. The summed E-state index contributed by atoms with van der Waals surface area (Å²) in [5.41, 5.74) is 0. The highest BCUT2D eigenvalue weighted by Gasteiger charge is 2.18. The Morgan fingerprint density at radius 1 is 0.692 bits per heavy atom. The fourth-order valence-electron chi connectivity index (χ4n) is 0.544. The lowest BCUT2D eigenvalue weighted by Gasteiger charge is -1.96. The van der Waals surface area contributed by atoms with Gasteiger partial charge in [-0.05, 0) is 0 Å². The standard InChI is InChI=1S/C6HF5.H4N2/c7-2-1-3(8)5(10)6(11)4(2)9;1-2/h1H;1-2H2. The van der Waals surface area contributed by atoms with E-state index in [-0.39, 0.29) is 6.07 Å². The van der Waals surface area contributed by atoms with Gasteiger partial charge in [-0.3, -0.25) is 11.7 Å². The van der Waals surface area contributed by atoms with Gasteiger partial charge < -0.3 is 0 Å². The number of hydrogen-bond acceptors (Lipinski definition) is 2. The Balaban J connectivity index is 0.000000671. The van der Waals surface area contributed by atoms with Gasteiger partial charge in [-0.15, -0.1) is 0 Å². The molecular weight excluding hydrogens is 195 g/mol. The molecule has 2 nitrogen and oxygen atoms in total. The second-order valence-electron chi connectivity index (χ2n) is 1.78. The van der Waals surface area contributed by atoms with E-state index in [2.05, 4.69) is 11.7 Å². The summed E-state index contributed by atoms with van der Waals surface area (Å²) in [6, 6.07) is -0.0618. The van der Waals surface area contributed by atoms with Crippen LogP contribution < -0.4 is 11.7 Å². The van der Waals surface area contributed by atoms with E-state index in [1.54, 1.807) is 0 Å². The fraction of sp³-hybridized carbons (Fsp3) is 0. The highest BCUT2D eigenvalue weighted by Crippen LogP contribution is 2.16. The molecule has 0 saturated carbocycles. The van der Waals surface area contributed by atoms with Crippen molar-refractivity contribution in [2.24, 2.45) is 11.7 Å². The number of hydrazine groups is 1. The molecule has 1 rings (SSSR count). The van der Waals surface area contributed by atoms with Gasteiger partial charge in [0, 0.05) is 6.07 Å². The third-order valence-corrected chi connectivity index (χ3v) is 1.06. The first kappa shape index (κ1) is 11.8. The van der Waals surface area contributed by atoms with Crippen molar-refractivity contribution in [3.05, 3.63) is 35.2 Å². The lowest BCUT2D eigenvalue weighted by Crippen LogP contribution is -2.02. The molecule has 7 heteroatoms. The van der Waals surface area contributed by atoms with Crippen LogP contribution in [0.3, 0.4) is 0 Å². The molecule has 0 aromatic heterocycles. The smallest absolute Gasteiger partial charge is 0.200 e. The highest BCUT2D eigenvalue weighted by molar-refractivity contribution is 5.12. The van der Waals surface area contributed by atoms with Crippen molar-refractivity contribution in [3.63, 3.8) is 0 Å². The zero-order chi connectivity index (χ0) is 10.6. The van der Waals surface area contributed by atoms with Gasteiger partial charge in [0.25, 0.3) is 0 Å². The molecule has 0 aliphatic rings. The number of halogens is 5. The normalized spacial score (nSPS) is 9.15. The van der Waals surface area contributed by atoms with E-state index in [1.807, 2.05) is 0 Å². The van der Waals surface area contributed by atoms with Crippen LogP contribution in [0.1, 0.15) is 0 Å². The Hall–Kier alpha value is -1.21. The molecule has 0 aliphatic heterocycles. The Morgan fingerprint density at radius 2 is 1.00 bits per heavy atom. The average molecular weight is 200 g/mol. The molecule has 0 spiro atoms. The van der Waals surface area contributed by atoms with Crippen molar-refractivity contribution < 1.29 is 22.0 Å². The zero-order valence-corrected chi connectivity index (χ0v) is 6.12. The molecule has 0 amide bonds. The summed E-state index contributed by atoms with van der Waals surface area (Å²) in [7, 11) is 0. The van der Waals surface area contributed by atoms with Gasteiger partial charge >= 0.3 is 0 Å². The first-order chi connectivity index (χ1) is 6.04. The molecule has 0 saturated heterocycles. The predicted molar refractivity (Wildman–Crippen MR) is 34.6 cm³/mol.